The number of fused-ring (bicyclic) bond motifs is 1. The highest BCUT2D eigenvalue weighted by atomic mass is 79.9. The van der Waals surface area contributed by atoms with Gasteiger partial charge in [-0.3, -0.25) is 14.5 Å². The molecular formula is C23H18BrNO3. The molecule has 0 aliphatic carbocycles. The van der Waals surface area contributed by atoms with Crippen LogP contribution in [0.5, 0.6) is 5.75 Å². The number of hydrogen-bond acceptors (Lipinski definition) is 3. The third-order valence-corrected chi connectivity index (χ3v) is 5.22. The Labute approximate surface area is 171 Å². The third-order valence-electron chi connectivity index (χ3n) is 4.76. The lowest BCUT2D eigenvalue weighted by atomic mass is 10.1. The molecule has 0 atom stereocenters. The number of rotatable bonds is 5. The van der Waals surface area contributed by atoms with Gasteiger partial charge in [0.15, 0.2) is 0 Å². The highest BCUT2D eigenvalue weighted by Gasteiger charge is 2.37. The van der Waals surface area contributed by atoms with E-state index >= 15 is 0 Å². The number of carbonyl (C=O) groups excluding carboxylic acids is 2. The van der Waals surface area contributed by atoms with E-state index in [0.717, 1.165) is 21.2 Å². The summed E-state index contributed by atoms with van der Waals surface area (Å²) < 4.78 is 6.79. The van der Waals surface area contributed by atoms with Gasteiger partial charge in [0.1, 0.15) is 12.4 Å². The molecule has 3 aromatic carbocycles. The number of halogens is 1. The lowest BCUT2D eigenvalue weighted by Gasteiger charge is -2.20. The van der Waals surface area contributed by atoms with Crippen molar-refractivity contribution in [2.75, 3.05) is 4.90 Å². The highest BCUT2D eigenvalue weighted by molar-refractivity contribution is 9.10. The van der Waals surface area contributed by atoms with Gasteiger partial charge in [0.05, 0.1) is 17.8 Å². The number of hydrogen-bond donors (Lipinski definition) is 0. The Kier molecular flexibility index (Phi) is 5.01. The molecular weight excluding hydrogens is 418 g/mol. The number of ether oxygens (including phenoxy) is 1. The molecule has 4 rings (SSSR count). The summed E-state index contributed by atoms with van der Waals surface area (Å²) in [6.07, 6.45) is 0. The Morgan fingerprint density at radius 2 is 1.68 bits per heavy atom. The van der Waals surface area contributed by atoms with E-state index < -0.39 is 11.7 Å². The summed E-state index contributed by atoms with van der Waals surface area (Å²) >= 11 is 3.40. The minimum Gasteiger partial charge on any atom is -0.489 e. The summed E-state index contributed by atoms with van der Waals surface area (Å²) in [6.45, 7) is 2.62. The van der Waals surface area contributed by atoms with E-state index in [1.165, 1.54) is 0 Å². The molecule has 28 heavy (non-hydrogen) atoms. The number of benzene rings is 3. The second-order valence-corrected chi connectivity index (χ2v) is 7.64. The Morgan fingerprint density at radius 1 is 0.964 bits per heavy atom. The van der Waals surface area contributed by atoms with E-state index in [2.05, 4.69) is 15.9 Å². The van der Waals surface area contributed by atoms with Crippen LogP contribution in [0, 0.1) is 6.92 Å². The van der Waals surface area contributed by atoms with Gasteiger partial charge in [-0.05, 0) is 36.2 Å². The molecule has 1 aliphatic heterocycles. The highest BCUT2D eigenvalue weighted by Crippen LogP contribution is 2.37. The number of anilines is 1. The predicted octanol–water partition coefficient (Wildman–Crippen LogP) is 5.07. The summed E-state index contributed by atoms with van der Waals surface area (Å²) in [7, 11) is 0. The van der Waals surface area contributed by atoms with Gasteiger partial charge in [0, 0.05) is 10.0 Å². The van der Waals surface area contributed by atoms with E-state index in [1.807, 2.05) is 67.6 Å². The fourth-order valence-corrected chi connectivity index (χ4v) is 4.01. The number of nitrogens with zero attached hydrogens (tertiary/aromatic N) is 1. The van der Waals surface area contributed by atoms with Crippen molar-refractivity contribution in [2.45, 2.75) is 20.1 Å². The SMILES string of the molecule is Cc1cc(Br)cc2c1N(Cc1ccccc1OCc1ccccc1)C(=O)C2=O. The summed E-state index contributed by atoms with van der Waals surface area (Å²) in [5.41, 5.74) is 3.92. The van der Waals surface area contributed by atoms with Crippen LogP contribution < -0.4 is 9.64 Å². The van der Waals surface area contributed by atoms with Crippen LogP contribution in [-0.4, -0.2) is 11.7 Å². The van der Waals surface area contributed by atoms with Crippen molar-refractivity contribution in [3.8, 4) is 5.75 Å². The first kappa shape index (κ1) is 18.4. The molecule has 0 bridgehead atoms. The quantitative estimate of drug-likeness (QED) is 0.525. The Morgan fingerprint density at radius 3 is 2.46 bits per heavy atom. The summed E-state index contributed by atoms with van der Waals surface area (Å²) in [6, 6.07) is 21.1. The maximum absolute atomic E-state index is 12.6. The number of ketones is 1. The molecule has 1 heterocycles. The molecule has 0 radical (unpaired) electrons. The minimum absolute atomic E-state index is 0.283. The monoisotopic (exact) mass is 435 g/mol. The third kappa shape index (κ3) is 3.45. The Hall–Kier alpha value is -2.92. The van der Waals surface area contributed by atoms with Gasteiger partial charge in [0.25, 0.3) is 11.7 Å². The smallest absolute Gasteiger partial charge is 0.299 e. The molecule has 0 spiro atoms. The maximum Gasteiger partial charge on any atom is 0.299 e. The van der Waals surface area contributed by atoms with Crippen molar-refractivity contribution in [1.29, 1.82) is 0 Å². The van der Waals surface area contributed by atoms with Crippen molar-refractivity contribution < 1.29 is 14.3 Å². The molecule has 5 heteroatoms. The minimum atomic E-state index is -0.505. The van der Waals surface area contributed by atoms with Gasteiger partial charge in [-0.1, -0.05) is 64.5 Å². The van der Waals surface area contributed by atoms with E-state index in [0.29, 0.717) is 23.6 Å². The van der Waals surface area contributed by atoms with Crippen molar-refractivity contribution in [2.24, 2.45) is 0 Å². The van der Waals surface area contributed by atoms with Gasteiger partial charge < -0.3 is 4.74 Å². The summed E-state index contributed by atoms with van der Waals surface area (Å²) in [5, 5.41) is 0. The van der Waals surface area contributed by atoms with Gasteiger partial charge in [-0.25, -0.2) is 0 Å². The average Bonchev–Trinajstić information content (AvgIpc) is 2.93. The molecule has 0 aromatic heterocycles. The number of amides is 1. The van der Waals surface area contributed by atoms with E-state index in [9.17, 15) is 9.59 Å². The van der Waals surface area contributed by atoms with Crippen molar-refractivity contribution in [1.82, 2.24) is 0 Å². The first-order valence-electron chi connectivity index (χ1n) is 8.95. The number of carbonyl (C=O) groups is 2. The zero-order chi connectivity index (χ0) is 19.7. The van der Waals surface area contributed by atoms with Crippen LogP contribution in [0.25, 0.3) is 0 Å². The summed E-state index contributed by atoms with van der Waals surface area (Å²) in [4.78, 5) is 26.6. The van der Waals surface area contributed by atoms with Crippen molar-refractivity contribution in [3.63, 3.8) is 0 Å². The molecule has 1 aliphatic rings. The fourth-order valence-electron chi connectivity index (χ4n) is 3.44. The second-order valence-electron chi connectivity index (χ2n) is 6.72. The first-order valence-corrected chi connectivity index (χ1v) is 9.75. The molecule has 140 valence electrons. The van der Waals surface area contributed by atoms with Crippen LogP contribution in [0.4, 0.5) is 5.69 Å². The van der Waals surface area contributed by atoms with Crippen LogP contribution in [-0.2, 0) is 17.9 Å². The topological polar surface area (TPSA) is 46.6 Å². The molecule has 0 unspecified atom stereocenters. The first-order chi connectivity index (χ1) is 13.5. The number of para-hydroxylation sites is 1. The standard InChI is InChI=1S/C23H18BrNO3/c1-15-11-18(24)12-19-21(15)25(23(27)22(19)26)13-17-9-5-6-10-20(17)28-14-16-7-3-2-4-8-16/h2-12H,13-14H2,1H3. The van der Waals surface area contributed by atoms with Crippen molar-refractivity contribution >= 4 is 33.3 Å². The van der Waals surface area contributed by atoms with Crippen LogP contribution >= 0.6 is 15.9 Å². The lowest BCUT2D eigenvalue weighted by Crippen LogP contribution is -2.29. The van der Waals surface area contributed by atoms with E-state index in [1.54, 1.807) is 11.0 Å². The zero-order valence-corrected chi connectivity index (χ0v) is 16.9. The largest absolute Gasteiger partial charge is 0.489 e. The van der Waals surface area contributed by atoms with Gasteiger partial charge in [-0.2, -0.15) is 0 Å². The molecule has 4 nitrogen and oxygen atoms in total. The van der Waals surface area contributed by atoms with Gasteiger partial charge in [-0.15, -0.1) is 0 Å². The van der Waals surface area contributed by atoms with Crippen LogP contribution in [0.2, 0.25) is 0 Å². The zero-order valence-electron chi connectivity index (χ0n) is 15.3. The molecule has 3 aromatic rings. The Balaban J connectivity index is 1.62. The lowest BCUT2D eigenvalue weighted by molar-refractivity contribution is -0.114. The van der Waals surface area contributed by atoms with E-state index in [4.69, 9.17) is 4.74 Å². The average molecular weight is 436 g/mol. The Bertz CT molecular complexity index is 1060. The second kappa shape index (κ2) is 7.60. The molecule has 1 amide bonds. The molecule has 0 saturated carbocycles. The predicted molar refractivity (Wildman–Crippen MR) is 112 cm³/mol. The van der Waals surface area contributed by atoms with Crippen molar-refractivity contribution in [3.05, 3.63) is 93.5 Å². The molecule has 0 saturated heterocycles. The van der Waals surface area contributed by atoms with Crippen LogP contribution in [0.15, 0.2) is 71.2 Å². The van der Waals surface area contributed by atoms with Crippen LogP contribution in [0.3, 0.4) is 0 Å². The number of aryl methyl sites for hydroxylation is 1. The molecule has 0 fully saturated rings. The van der Waals surface area contributed by atoms with Gasteiger partial charge in [0.2, 0.25) is 0 Å². The fraction of sp³-hybridized carbons (Fsp3) is 0.130. The van der Waals surface area contributed by atoms with E-state index in [-0.39, 0.29) is 6.54 Å². The normalized spacial score (nSPS) is 13.0. The molecule has 0 N–H and O–H groups in total. The number of Topliss-reactive ketones (excluding diaryl/α,β-unsaturated/α-hetero) is 1. The maximum atomic E-state index is 12.6. The van der Waals surface area contributed by atoms with Crippen LogP contribution in [0.1, 0.15) is 27.0 Å². The summed E-state index contributed by atoms with van der Waals surface area (Å²) in [5.74, 6) is -0.272. The van der Waals surface area contributed by atoms with Gasteiger partial charge >= 0.3 is 0 Å².